The van der Waals surface area contributed by atoms with Gasteiger partial charge < -0.3 is 24.2 Å². The zero-order valence-electron chi connectivity index (χ0n) is 72.2. The van der Waals surface area contributed by atoms with E-state index in [4.69, 9.17) is 10.8 Å². The van der Waals surface area contributed by atoms with Crippen LogP contribution in [0.25, 0.3) is 75.8 Å². The molecule has 20 rings (SSSR count). The molecule has 1 aromatic heterocycles. The molecule has 0 aliphatic carbocycles. The first-order valence-electron chi connectivity index (χ1n) is 42.1. The maximum absolute atomic E-state index is 12.3. The van der Waals surface area contributed by atoms with Crippen LogP contribution in [0, 0.1) is 0 Å². The number of fused-ring (bicyclic) bond motifs is 8. The van der Waals surface area contributed by atoms with E-state index in [2.05, 4.69) is 82.8 Å². The number of hydrogen-bond acceptors (Lipinski definition) is 6. The van der Waals surface area contributed by atoms with Crippen molar-refractivity contribution in [3.05, 3.63) is 308 Å². The second-order valence-electron chi connectivity index (χ2n) is 28.1. The molecular formula is C92H67B2N3O2S. The van der Waals surface area contributed by atoms with Crippen molar-refractivity contribution < 1.29 is 32.8 Å². The second kappa shape index (κ2) is 22.0. The lowest BCUT2D eigenvalue weighted by atomic mass is 9.29. The van der Waals surface area contributed by atoms with E-state index in [1.165, 1.54) is 6.07 Å². The van der Waals surface area contributed by atoms with E-state index in [9.17, 15) is 21.9 Å². The third kappa shape index (κ3) is 8.75. The summed E-state index contributed by atoms with van der Waals surface area (Å²) in [6, 6.07) is 52.8. The zero-order chi connectivity index (χ0) is 81.7. The molecule has 100 heavy (non-hydrogen) atoms. The summed E-state index contributed by atoms with van der Waals surface area (Å²) in [4.78, 5) is 5.79. The molecule has 0 atom stereocenters. The number of anilines is 9. The summed E-state index contributed by atoms with van der Waals surface area (Å²) in [6.45, 7) is 9.91. The summed E-state index contributed by atoms with van der Waals surface area (Å²) in [5.74, 6) is -0.688. The van der Waals surface area contributed by atoms with Gasteiger partial charge in [-0.15, -0.1) is 11.3 Å². The Morgan fingerprint density at radius 2 is 0.860 bits per heavy atom. The van der Waals surface area contributed by atoms with Crippen LogP contribution < -0.4 is 57.0 Å². The van der Waals surface area contributed by atoms with Gasteiger partial charge in [0.25, 0.3) is 13.4 Å². The van der Waals surface area contributed by atoms with Crippen molar-refractivity contribution in [2.75, 3.05) is 14.7 Å². The van der Waals surface area contributed by atoms with E-state index >= 15 is 0 Å². The normalized spacial score (nSPS) is 15.9. The highest BCUT2D eigenvalue weighted by molar-refractivity contribution is 7.26. The molecule has 0 radical (unpaired) electrons. The van der Waals surface area contributed by atoms with E-state index in [1.807, 2.05) is 108 Å². The number of rotatable bonds is 8. The van der Waals surface area contributed by atoms with Gasteiger partial charge in [-0.05, 0) is 161 Å². The van der Waals surface area contributed by atoms with Crippen molar-refractivity contribution in [1.29, 1.82) is 0 Å². The van der Waals surface area contributed by atoms with E-state index in [0.29, 0.717) is 50.5 Å². The molecule has 0 saturated heterocycles. The molecule has 0 spiro atoms. The molecule has 8 heteroatoms. The fraction of sp³-hybridized carbons (Fsp3) is 0.0870. The van der Waals surface area contributed by atoms with Gasteiger partial charge in [0.05, 0.1) is 40.4 Å². The Hall–Kier alpha value is -11.6. The monoisotopic (exact) mass is 1320 g/mol. The third-order valence-electron chi connectivity index (χ3n) is 20.3. The average Bonchev–Trinajstić information content (AvgIpc) is 0.814. The van der Waals surface area contributed by atoms with Crippen LogP contribution in [-0.4, -0.2) is 13.4 Å². The first-order chi connectivity index (χ1) is 56.0. The lowest BCUT2D eigenvalue weighted by molar-refractivity contribution is 0.466. The number of ether oxygens (including phenoxy) is 2. The van der Waals surface area contributed by atoms with Crippen LogP contribution in [0.2, 0.25) is 0 Å². The van der Waals surface area contributed by atoms with Crippen molar-refractivity contribution in [3.63, 3.8) is 0 Å². The fourth-order valence-electron chi connectivity index (χ4n) is 15.7. The van der Waals surface area contributed by atoms with Crippen LogP contribution in [-0.2, 0) is 10.8 Å². The predicted molar refractivity (Wildman–Crippen MR) is 424 cm³/mol. The van der Waals surface area contributed by atoms with Gasteiger partial charge in [-0.3, -0.25) is 0 Å². The van der Waals surface area contributed by atoms with E-state index in [1.54, 1.807) is 64.8 Å². The molecule has 15 aromatic rings. The quantitative estimate of drug-likeness (QED) is 0.141. The van der Waals surface area contributed by atoms with Crippen LogP contribution >= 0.6 is 11.3 Å². The minimum absolute atomic E-state index is 0.00495. The van der Waals surface area contributed by atoms with Gasteiger partial charge in [0.1, 0.15) is 23.0 Å². The third-order valence-corrected chi connectivity index (χ3v) is 21.4. The lowest BCUT2D eigenvalue weighted by Crippen LogP contribution is -2.66. The summed E-state index contributed by atoms with van der Waals surface area (Å²) in [7, 11) is 0. The molecule has 0 N–H and O–H groups in total. The van der Waals surface area contributed by atoms with E-state index < -0.39 is 114 Å². The number of nitrogens with zero attached hydrogens (tertiary/aromatic N) is 3. The summed E-state index contributed by atoms with van der Waals surface area (Å²) in [5.41, 5.74) is 7.11. The summed E-state index contributed by atoms with van der Waals surface area (Å²) >= 11 is 1.58. The minimum atomic E-state index is -1.46. The van der Waals surface area contributed by atoms with Crippen molar-refractivity contribution in [1.82, 2.24) is 0 Å². The Morgan fingerprint density at radius 3 is 1.51 bits per heavy atom. The summed E-state index contributed by atoms with van der Waals surface area (Å²) in [6.07, 6.45) is 0. The summed E-state index contributed by atoms with van der Waals surface area (Å²) in [5, 5.41) is 1.65. The molecule has 5 aliphatic rings. The van der Waals surface area contributed by atoms with E-state index in [-0.39, 0.29) is 114 Å². The van der Waals surface area contributed by atoms with Crippen molar-refractivity contribution in [3.8, 4) is 78.6 Å². The number of para-hydroxylation sites is 1. The van der Waals surface area contributed by atoms with Gasteiger partial charge in [0, 0.05) is 82.0 Å². The zero-order valence-corrected chi connectivity index (χ0v) is 56.0. The van der Waals surface area contributed by atoms with Gasteiger partial charge in [-0.2, -0.15) is 0 Å². The molecule has 14 aromatic carbocycles. The average molecular weight is 1320 g/mol. The molecule has 0 amide bonds. The van der Waals surface area contributed by atoms with Crippen molar-refractivity contribution in [2.45, 2.75) is 52.4 Å². The lowest BCUT2D eigenvalue weighted by Gasteiger charge is -2.49. The fourth-order valence-corrected chi connectivity index (χ4v) is 16.8. The Bertz CT molecular complexity index is 6830. The summed E-state index contributed by atoms with van der Waals surface area (Å²) < 4.78 is 189. The number of hydrogen-bond donors (Lipinski definition) is 0. The highest BCUT2D eigenvalue weighted by Gasteiger charge is 2.54. The van der Waals surface area contributed by atoms with Crippen molar-refractivity contribution >= 4 is 129 Å². The van der Waals surface area contributed by atoms with Gasteiger partial charge in [-0.25, -0.2) is 0 Å². The number of thiophene rings is 1. The maximum atomic E-state index is 12.3. The first kappa shape index (κ1) is 43.7. The Kier molecular flexibility index (Phi) is 9.59. The van der Waals surface area contributed by atoms with E-state index in [0.717, 1.165) is 42.4 Å². The van der Waals surface area contributed by atoms with Gasteiger partial charge in [0.2, 0.25) is 0 Å². The highest BCUT2D eigenvalue weighted by atomic mass is 32.1. The van der Waals surface area contributed by atoms with Crippen LogP contribution in [0.5, 0.6) is 23.0 Å². The SMILES string of the molecule is [2H]c1cc2c3c(c1[2H])Oc1c([2H])c([2H])c([2H])c4c1B3c1c(c3c(c([2H])c1N2c1c(-c2ccccc2)c([2H])c([2H])c([2H])c1-c1ccccc1)N(c1cccc2sc5ccccc5c12)c1cc(C(C)(C)C)cc2c1B3c1c([2H])c([2H])c(-c3c([2H])c([2H])c([2H])c([2H])c3[2H])c([2H])c1N2c1c(-c2ccccc2)cc(C(C)(C)C)cc1-c1ccccc1)O4. The maximum Gasteiger partial charge on any atom is 0.266 e. The van der Waals surface area contributed by atoms with Crippen LogP contribution in [0.4, 0.5) is 51.2 Å². The molecule has 0 saturated carbocycles. The first-order valence-corrected chi connectivity index (χ1v) is 34.4. The van der Waals surface area contributed by atoms with Crippen LogP contribution in [0.1, 0.15) is 76.0 Å². The van der Waals surface area contributed by atoms with Crippen LogP contribution in [0.15, 0.2) is 297 Å². The predicted octanol–water partition coefficient (Wildman–Crippen LogP) is 21.6. The van der Waals surface area contributed by atoms with Crippen LogP contribution in [0.3, 0.4) is 0 Å². The van der Waals surface area contributed by atoms with Gasteiger partial charge in [-0.1, -0.05) is 260 Å². The molecule has 5 nitrogen and oxygen atoms in total. The molecule has 0 fully saturated rings. The largest absolute Gasteiger partial charge is 0.459 e. The molecule has 474 valence electrons. The smallest absolute Gasteiger partial charge is 0.266 e. The second-order valence-corrected chi connectivity index (χ2v) is 29.2. The minimum Gasteiger partial charge on any atom is -0.459 e. The molecule has 6 heterocycles. The molecular weight excluding hydrogens is 1230 g/mol. The Labute approximate surface area is 612 Å². The molecule has 0 unspecified atom stereocenters. The Balaban J connectivity index is 1.06. The highest BCUT2D eigenvalue weighted by Crippen LogP contribution is 2.58. The standard InChI is InChI=1S/C92H67B2N3O2S/c1-91(2,3)62-51-67(59-34-18-10-19-35-59)89(68(52-62)60-36-20-11-21-37-60)97-72-50-61(56-28-12-7-13-29-56)48-49-69(72)93-83-73(53-63(54-74(83)97)92(4,5)6)95(70-41-26-47-81-82(70)66-38-22-23-46-80(66)100-81)75-55-76-86-90(85(75)93)99-79-45-27-44-78-87(79)94(86)84-71(42-25-43-77(84)98-78)96(76)88-64(57-30-14-8-15-31-57)39-24-40-65(88)58-32-16-9-17-33-58/h7-55H,1-6H3/i7D,12D,13D,24D,25D,27D,28D,29D,39D,40D,43D,44D,45D,48D,49D,50D,55D. The number of benzene rings is 14. The molecule has 5 aliphatic heterocycles. The van der Waals surface area contributed by atoms with Gasteiger partial charge in [0.15, 0.2) is 0 Å². The van der Waals surface area contributed by atoms with Gasteiger partial charge >= 0.3 is 0 Å². The Morgan fingerprint density at radius 1 is 0.340 bits per heavy atom. The topological polar surface area (TPSA) is 28.2 Å². The molecule has 0 bridgehead atoms. The van der Waals surface area contributed by atoms with Crippen molar-refractivity contribution in [2.24, 2.45) is 0 Å².